The largest absolute Gasteiger partial charge is 0.497 e. The molecule has 0 heterocycles. The zero-order valence-electron chi connectivity index (χ0n) is 13.5. The molecule has 0 saturated heterocycles. The predicted octanol–water partition coefficient (Wildman–Crippen LogP) is 2.65. The molecule has 0 aliphatic rings. The Morgan fingerprint density at radius 1 is 1.23 bits per heavy atom. The molecule has 1 N–H and O–H groups in total. The minimum atomic E-state index is -0.637. The summed E-state index contributed by atoms with van der Waals surface area (Å²) in [6, 6.07) is 13.1. The van der Waals surface area contributed by atoms with Crippen molar-refractivity contribution in [3.63, 3.8) is 0 Å². The smallest absolute Gasteiger partial charge is 0.270 e. The lowest BCUT2D eigenvalue weighted by Crippen LogP contribution is -2.14. The molecule has 2 aromatic rings. The summed E-state index contributed by atoms with van der Waals surface area (Å²) in [5.41, 5.74) is 2.06. The number of nitrogens with zero attached hydrogens (tertiary/aromatic N) is 4. The number of nitrogens with one attached hydrogen (secondary N) is 1. The molecule has 9 nitrogen and oxygen atoms in total. The summed E-state index contributed by atoms with van der Waals surface area (Å²) in [7, 11) is 1.49. The Hall–Kier alpha value is -4.24. The molecule has 0 fully saturated rings. The molecule has 0 aromatic heterocycles. The number of nitro groups is 1. The fourth-order valence-electron chi connectivity index (χ4n) is 1.96. The first-order valence-corrected chi connectivity index (χ1v) is 7.11. The van der Waals surface area contributed by atoms with Crippen LogP contribution in [0.5, 0.6) is 5.75 Å². The van der Waals surface area contributed by atoms with Crippen molar-refractivity contribution in [2.24, 2.45) is 5.10 Å². The SMILES string of the molecule is COc1ccc(C(=O)C(C#N)=NNc2ccc([N+](=O)[O-])cc2C#N)cc1. The van der Waals surface area contributed by atoms with Crippen LogP contribution in [-0.4, -0.2) is 23.5 Å². The molecule has 0 atom stereocenters. The number of anilines is 1. The van der Waals surface area contributed by atoms with Crippen LogP contribution in [0.25, 0.3) is 0 Å². The number of hydrogen-bond acceptors (Lipinski definition) is 8. The van der Waals surface area contributed by atoms with Gasteiger partial charge in [-0.3, -0.25) is 20.3 Å². The van der Waals surface area contributed by atoms with Gasteiger partial charge in [0.15, 0.2) is 0 Å². The van der Waals surface area contributed by atoms with E-state index in [4.69, 9.17) is 15.3 Å². The third-order valence-corrected chi connectivity index (χ3v) is 3.30. The van der Waals surface area contributed by atoms with Gasteiger partial charge in [-0.1, -0.05) is 0 Å². The van der Waals surface area contributed by atoms with E-state index in [0.717, 1.165) is 6.07 Å². The normalized spacial score (nSPS) is 10.3. The van der Waals surface area contributed by atoms with Crippen molar-refractivity contribution in [1.82, 2.24) is 0 Å². The number of non-ortho nitro benzene ring substituents is 1. The number of methoxy groups -OCH3 is 1. The van der Waals surface area contributed by atoms with Crippen LogP contribution >= 0.6 is 0 Å². The topological polar surface area (TPSA) is 141 Å². The molecule has 0 radical (unpaired) electrons. The Kier molecular flexibility index (Phi) is 5.60. The van der Waals surface area contributed by atoms with E-state index < -0.39 is 16.4 Å². The summed E-state index contributed by atoms with van der Waals surface area (Å²) in [6.07, 6.45) is 0. The number of carbonyl (C=O) groups is 1. The molecular formula is C17H11N5O4. The molecular weight excluding hydrogens is 338 g/mol. The van der Waals surface area contributed by atoms with Crippen molar-refractivity contribution in [3.8, 4) is 17.9 Å². The van der Waals surface area contributed by atoms with Gasteiger partial charge in [0, 0.05) is 17.7 Å². The fourth-order valence-corrected chi connectivity index (χ4v) is 1.96. The van der Waals surface area contributed by atoms with Crippen LogP contribution in [0.1, 0.15) is 15.9 Å². The lowest BCUT2D eigenvalue weighted by molar-refractivity contribution is -0.384. The van der Waals surface area contributed by atoms with Crippen molar-refractivity contribution in [2.45, 2.75) is 0 Å². The molecule has 0 unspecified atom stereocenters. The molecule has 0 saturated carbocycles. The second-order valence-electron chi connectivity index (χ2n) is 4.84. The maximum atomic E-state index is 12.3. The van der Waals surface area contributed by atoms with Gasteiger partial charge in [-0.15, -0.1) is 0 Å². The number of nitriles is 2. The number of ether oxygens (including phenoxy) is 1. The highest BCUT2D eigenvalue weighted by molar-refractivity contribution is 6.51. The summed E-state index contributed by atoms with van der Waals surface area (Å²) in [6.45, 7) is 0. The zero-order valence-corrected chi connectivity index (χ0v) is 13.5. The Morgan fingerprint density at radius 3 is 2.46 bits per heavy atom. The second-order valence-corrected chi connectivity index (χ2v) is 4.84. The summed E-state index contributed by atoms with van der Waals surface area (Å²) in [5, 5.41) is 32.7. The Labute approximate surface area is 147 Å². The van der Waals surface area contributed by atoms with Crippen molar-refractivity contribution in [2.75, 3.05) is 12.5 Å². The lowest BCUT2D eigenvalue weighted by Gasteiger charge is -2.04. The lowest BCUT2D eigenvalue weighted by atomic mass is 10.1. The van der Waals surface area contributed by atoms with Crippen LogP contribution in [0.3, 0.4) is 0 Å². The molecule has 9 heteroatoms. The van der Waals surface area contributed by atoms with Crippen LogP contribution in [0.4, 0.5) is 11.4 Å². The third kappa shape index (κ3) is 3.99. The number of Topliss-reactive ketones (excluding diaryl/α,β-unsaturated/α-hetero) is 1. The Balaban J connectivity index is 2.27. The van der Waals surface area contributed by atoms with Gasteiger partial charge in [0.05, 0.1) is 23.3 Å². The number of nitro benzene ring substituents is 1. The zero-order chi connectivity index (χ0) is 19.1. The van der Waals surface area contributed by atoms with Gasteiger partial charge in [0.25, 0.3) is 5.69 Å². The van der Waals surface area contributed by atoms with Crippen LogP contribution in [-0.2, 0) is 0 Å². The molecule has 0 aliphatic carbocycles. The number of hydrogen-bond donors (Lipinski definition) is 1. The highest BCUT2D eigenvalue weighted by Gasteiger charge is 2.15. The number of rotatable bonds is 6. The first-order chi connectivity index (χ1) is 12.5. The standard InChI is InChI=1S/C17H11N5O4/c1-26-14-5-2-11(3-6-14)17(23)16(10-19)21-20-15-7-4-13(22(24)25)8-12(15)9-18/h2-8,20H,1H3. The average Bonchev–Trinajstić information content (AvgIpc) is 2.68. The maximum absolute atomic E-state index is 12.3. The number of hydrazone groups is 1. The highest BCUT2D eigenvalue weighted by atomic mass is 16.6. The van der Waals surface area contributed by atoms with E-state index >= 15 is 0 Å². The summed E-state index contributed by atoms with van der Waals surface area (Å²) < 4.78 is 5.00. The quantitative estimate of drug-likeness (QED) is 0.365. The molecule has 2 aromatic carbocycles. The van der Waals surface area contributed by atoms with Gasteiger partial charge in [0.2, 0.25) is 11.5 Å². The number of carbonyl (C=O) groups excluding carboxylic acids is 1. The summed E-state index contributed by atoms with van der Waals surface area (Å²) in [4.78, 5) is 22.4. The summed E-state index contributed by atoms with van der Waals surface area (Å²) >= 11 is 0. The van der Waals surface area contributed by atoms with Gasteiger partial charge < -0.3 is 4.74 Å². The van der Waals surface area contributed by atoms with E-state index in [9.17, 15) is 14.9 Å². The highest BCUT2D eigenvalue weighted by Crippen LogP contribution is 2.21. The molecule has 0 aliphatic heterocycles. The van der Waals surface area contributed by atoms with E-state index in [0.29, 0.717) is 5.75 Å². The molecule has 128 valence electrons. The van der Waals surface area contributed by atoms with Crippen molar-refractivity contribution in [1.29, 1.82) is 10.5 Å². The van der Waals surface area contributed by atoms with Crippen LogP contribution < -0.4 is 10.2 Å². The van der Waals surface area contributed by atoms with E-state index in [1.54, 1.807) is 24.3 Å². The summed E-state index contributed by atoms with van der Waals surface area (Å²) in [5.74, 6) is -0.0669. The van der Waals surface area contributed by atoms with Crippen molar-refractivity contribution < 1.29 is 14.5 Å². The van der Waals surface area contributed by atoms with E-state index in [1.807, 2.05) is 0 Å². The fraction of sp³-hybridized carbons (Fsp3) is 0.0588. The van der Waals surface area contributed by atoms with Crippen molar-refractivity contribution >= 4 is 22.9 Å². The van der Waals surface area contributed by atoms with Gasteiger partial charge in [-0.05, 0) is 30.3 Å². The van der Waals surface area contributed by atoms with Crippen LogP contribution in [0.2, 0.25) is 0 Å². The maximum Gasteiger partial charge on any atom is 0.270 e. The molecule has 2 rings (SSSR count). The molecule has 26 heavy (non-hydrogen) atoms. The van der Waals surface area contributed by atoms with E-state index in [-0.39, 0.29) is 22.5 Å². The average molecular weight is 349 g/mol. The predicted molar refractivity (Wildman–Crippen MR) is 91.8 cm³/mol. The Morgan fingerprint density at radius 2 is 1.92 bits per heavy atom. The van der Waals surface area contributed by atoms with Crippen LogP contribution in [0, 0.1) is 32.8 Å². The second kappa shape index (κ2) is 8.04. The first kappa shape index (κ1) is 18.1. The van der Waals surface area contributed by atoms with Gasteiger partial charge in [-0.2, -0.15) is 15.6 Å². The monoisotopic (exact) mass is 349 g/mol. The number of ketones is 1. The minimum Gasteiger partial charge on any atom is -0.497 e. The molecule has 0 amide bonds. The van der Waals surface area contributed by atoms with Crippen LogP contribution in [0.15, 0.2) is 47.6 Å². The minimum absolute atomic E-state index is 0.0443. The van der Waals surface area contributed by atoms with Gasteiger partial charge in [0.1, 0.15) is 17.9 Å². The number of benzene rings is 2. The molecule has 0 bridgehead atoms. The Bertz CT molecular complexity index is 968. The molecule has 0 spiro atoms. The third-order valence-electron chi connectivity index (χ3n) is 3.30. The van der Waals surface area contributed by atoms with Gasteiger partial charge in [-0.25, -0.2) is 0 Å². The van der Waals surface area contributed by atoms with E-state index in [2.05, 4.69) is 10.5 Å². The van der Waals surface area contributed by atoms with Crippen molar-refractivity contribution in [3.05, 3.63) is 63.7 Å². The first-order valence-electron chi connectivity index (χ1n) is 7.11. The van der Waals surface area contributed by atoms with Gasteiger partial charge >= 0.3 is 0 Å². The van der Waals surface area contributed by atoms with E-state index in [1.165, 1.54) is 31.4 Å².